The summed E-state index contributed by atoms with van der Waals surface area (Å²) in [7, 11) is 0. The molecule has 0 bridgehead atoms. The van der Waals surface area contributed by atoms with Crippen molar-refractivity contribution >= 4 is 22.6 Å². The fraction of sp³-hybridized carbons (Fsp3) is 0.294. The zero-order chi connectivity index (χ0) is 13.9. The van der Waals surface area contributed by atoms with E-state index < -0.39 is 0 Å². The smallest absolute Gasteiger partial charge is 0.122 e. The van der Waals surface area contributed by atoms with Gasteiger partial charge in [-0.3, -0.25) is 0 Å². The van der Waals surface area contributed by atoms with Crippen LogP contribution in [0.25, 0.3) is 0 Å². The fourth-order valence-corrected chi connectivity index (χ4v) is 3.13. The summed E-state index contributed by atoms with van der Waals surface area (Å²) in [4.78, 5) is 0. The van der Waals surface area contributed by atoms with Crippen molar-refractivity contribution < 1.29 is 9.84 Å². The van der Waals surface area contributed by atoms with Gasteiger partial charge in [0.1, 0.15) is 5.75 Å². The van der Waals surface area contributed by atoms with Crippen molar-refractivity contribution in [3.63, 3.8) is 0 Å². The SMILES string of the molecule is OC(Cc1ccc(I)cc1)C1CCOc2ccccc21. The predicted octanol–water partition coefficient (Wildman–Crippen LogP) is 3.76. The maximum absolute atomic E-state index is 10.6. The van der Waals surface area contributed by atoms with Crippen LogP contribution in [-0.4, -0.2) is 17.8 Å². The first kappa shape index (κ1) is 13.9. The van der Waals surface area contributed by atoms with Gasteiger partial charge in [0.25, 0.3) is 0 Å². The Kier molecular flexibility index (Phi) is 4.27. The van der Waals surface area contributed by atoms with E-state index >= 15 is 0 Å². The molecule has 1 aliphatic rings. The monoisotopic (exact) mass is 380 g/mol. The minimum absolute atomic E-state index is 0.166. The molecule has 0 saturated heterocycles. The molecule has 1 aliphatic heterocycles. The molecule has 1 N–H and O–H groups in total. The first-order valence-electron chi connectivity index (χ1n) is 6.88. The lowest BCUT2D eigenvalue weighted by atomic mass is 9.85. The minimum Gasteiger partial charge on any atom is -0.493 e. The number of ether oxygens (including phenoxy) is 1. The van der Waals surface area contributed by atoms with Crippen LogP contribution >= 0.6 is 22.6 Å². The van der Waals surface area contributed by atoms with Crippen molar-refractivity contribution in [3.8, 4) is 5.75 Å². The molecule has 2 aromatic rings. The molecule has 0 radical (unpaired) electrons. The summed E-state index contributed by atoms with van der Waals surface area (Å²) in [5, 5.41) is 10.6. The molecule has 20 heavy (non-hydrogen) atoms. The Morgan fingerprint density at radius 2 is 1.90 bits per heavy atom. The van der Waals surface area contributed by atoms with Crippen LogP contribution in [-0.2, 0) is 6.42 Å². The van der Waals surface area contributed by atoms with Gasteiger partial charge in [-0.2, -0.15) is 0 Å². The van der Waals surface area contributed by atoms with Crippen LogP contribution in [0.4, 0.5) is 0 Å². The van der Waals surface area contributed by atoms with Gasteiger partial charge in [0, 0.05) is 9.49 Å². The third-order valence-corrected chi connectivity index (χ3v) is 4.55. The molecule has 2 unspecified atom stereocenters. The summed E-state index contributed by atoms with van der Waals surface area (Å²) in [6, 6.07) is 16.4. The van der Waals surface area contributed by atoms with Crippen molar-refractivity contribution in [1.82, 2.24) is 0 Å². The topological polar surface area (TPSA) is 29.5 Å². The summed E-state index contributed by atoms with van der Waals surface area (Å²) >= 11 is 2.29. The highest BCUT2D eigenvalue weighted by Crippen LogP contribution is 2.36. The number of aliphatic hydroxyl groups excluding tert-OH is 1. The summed E-state index contributed by atoms with van der Waals surface area (Å²) in [5.74, 6) is 1.09. The van der Waals surface area contributed by atoms with E-state index in [1.54, 1.807) is 0 Å². The second-order valence-corrected chi connectivity index (χ2v) is 6.43. The normalized spacial score (nSPS) is 19.0. The highest BCUT2D eigenvalue weighted by atomic mass is 127. The van der Waals surface area contributed by atoms with Crippen LogP contribution in [0.5, 0.6) is 5.75 Å². The van der Waals surface area contributed by atoms with Crippen LogP contribution in [0, 0.1) is 3.57 Å². The predicted molar refractivity (Wildman–Crippen MR) is 88.2 cm³/mol. The van der Waals surface area contributed by atoms with Gasteiger partial charge in [-0.05, 0) is 64.8 Å². The van der Waals surface area contributed by atoms with Crippen molar-refractivity contribution in [2.75, 3.05) is 6.61 Å². The van der Waals surface area contributed by atoms with Gasteiger partial charge in [0.2, 0.25) is 0 Å². The molecule has 104 valence electrons. The summed E-state index contributed by atoms with van der Waals surface area (Å²) in [5.41, 5.74) is 2.32. The molecular weight excluding hydrogens is 363 g/mol. The van der Waals surface area contributed by atoms with Crippen LogP contribution in [0.15, 0.2) is 48.5 Å². The lowest BCUT2D eigenvalue weighted by Crippen LogP contribution is -2.26. The highest BCUT2D eigenvalue weighted by molar-refractivity contribution is 14.1. The van der Waals surface area contributed by atoms with E-state index in [9.17, 15) is 5.11 Å². The Morgan fingerprint density at radius 3 is 2.70 bits per heavy atom. The number of hydrogen-bond donors (Lipinski definition) is 1. The summed E-state index contributed by atoms with van der Waals surface area (Å²) < 4.78 is 6.88. The van der Waals surface area contributed by atoms with Gasteiger partial charge in [-0.15, -0.1) is 0 Å². The van der Waals surface area contributed by atoms with Crippen LogP contribution < -0.4 is 4.74 Å². The summed E-state index contributed by atoms with van der Waals surface area (Å²) in [6.45, 7) is 0.686. The molecule has 3 rings (SSSR count). The molecule has 2 aromatic carbocycles. The van der Waals surface area contributed by atoms with Gasteiger partial charge < -0.3 is 9.84 Å². The number of benzene rings is 2. The van der Waals surface area contributed by atoms with E-state index in [0.29, 0.717) is 13.0 Å². The van der Waals surface area contributed by atoms with Crippen molar-refractivity contribution in [2.24, 2.45) is 0 Å². The molecule has 2 atom stereocenters. The Labute approximate surface area is 132 Å². The van der Waals surface area contributed by atoms with E-state index in [-0.39, 0.29) is 12.0 Å². The molecule has 2 nitrogen and oxygen atoms in total. The van der Waals surface area contributed by atoms with Gasteiger partial charge in [-0.25, -0.2) is 0 Å². The minimum atomic E-state index is -0.361. The molecule has 1 heterocycles. The van der Waals surface area contributed by atoms with Crippen molar-refractivity contribution in [3.05, 3.63) is 63.2 Å². The fourth-order valence-electron chi connectivity index (χ4n) is 2.77. The quantitative estimate of drug-likeness (QED) is 0.822. The van der Waals surface area contributed by atoms with Gasteiger partial charge in [-0.1, -0.05) is 30.3 Å². The second-order valence-electron chi connectivity index (χ2n) is 5.18. The van der Waals surface area contributed by atoms with E-state index in [1.165, 1.54) is 9.13 Å². The van der Waals surface area contributed by atoms with Crippen molar-refractivity contribution in [1.29, 1.82) is 0 Å². The molecule has 0 fully saturated rings. The van der Waals surface area contributed by atoms with E-state index in [1.807, 2.05) is 18.2 Å². The first-order valence-corrected chi connectivity index (χ1v) is 7.96. The zero-order valence-corrected chi connectivity index (χ0v) is 13.3. The molecule has 3 heteroatoms. The van der Waals surface area contributed by atoms with E-state index in [0.717, 1.165) is 17.7 Å². The van der Waals surface area contributed by atoms with Gasteiger partial charge in [0.05, 0.1) is 12.7 Å². The van der Waals surface area contributed by atoms with Crippen LogP contribution in [0.2, 0.25) is 0 Å². The molecule has 0 aromatic heterocycles. The lowest BCUT2D eigenvalue weighted by molar-refractivity contribution is 0.116. The molecule has 0 spiro atoms. The maximum Gasteiger partial charge on any atom is 0.122 e. The Bertz CT molecular complexity index is 580. The number of para-hydroxylation sites is 1. The number of aliphatic hydroxyl groups is 1. The number of hydrogen-bond acceptors (Lipinski definition) is 2. The standard InChI is InChI=1S/C17H17IO2/c18-13-7-5-12(6-8-13)11-16(19)14-9-10-20-17-4-2-1-3-15(14)17/h1-8,14,16,19H,9-11H2. The number of fused-ring (bicyclic) bond motifs is 1. The van der Waals surface area contributed by atoms with Crippen molar-refractivity contribution in [2.45, 2.75) is 24.9 Å². The van der Waals surface area contributed by atoms with Crippen LogP contribution in [0.1, 0.15) is 23.5 Å². The summed E-state index contributed by atoms with van der Waals surface area (Å²) in [6.07, 6.45) is 1.21. The second kappa shape index (κ2) is 6.14. The Morgan fingerprint density at radius 1 is 1.15 bits per heavy atom. The largest absolute Gasteiger partial charge is 0.493 e. The maximum atomic E-state index is 10.6. The van der Waals surface area contributed by atoms with Crippen LogP contribution in [0.3, 0.4) is 0 Å². The average Bonchev–Trinajstić information content (AvgIpc) is 2.49. The third-order valence-electron chi connectivity index (χ3n) is 3.83. The van der Waals surface area contributed by atoms with E-state index in [4.69, 9.17) is 4.74 Å². The van der Waals surface area contributed by atoms with Gasteiger partial charge >= 0.3 is 0 Å². The Balaban J connectivity index is 1.78. The lowest BCUT2D eigenvalue weighted by Gasteiger charge is -2.29. The first-order chi connectivity index (χ1) is 9.74. The molecule has 0 amide bonds. The molecule has 0 saturated carbocycles. The number of rotatable bonds is 3. The molecule has 0 aliphatic carbocycles. The molecular formula is C17H17IO2. The third kappa shape index (κ3) is 2.99. The van der Waals surface area contributed by atoms with Gasteiger partial charge in [0.15, 0.2) is 0 Å². The number of halogens is 1. The van der Waals surface area contributed by atoms with E-state index in [2.05, 4.69) is 52.9 Å². The average molecular weight is 380 g/mol. The Hall–Kier alpha value is -1.07. The zero-order valence-electron chi connectivity index (χ0n) is 11.1. The highest BCUT2D eigenvalue weighted by Gasteiger charge is 2.27.